The molecule has 0 spiro atoms. The van der Waals surface area contributed by atoms with Crippen LogP contribution in [0.1, 0.15) is 32.1 Å². The summed E-state index contributed by atoms with van der Waals surface area (Å²) in [7, 11) is 0. The number of amides is 1. The highest BCUT2D eigenvalue weighted by molar-refractivity contribution is 6.32. The fraction of sp³-hybridized carbons (Fsp3) is 0.500. The number of hydrogen-bond donors (Lipinski definition) is 2. The van der Waals surface area contributed by atoms with Crippen LogP contribution in [0.5, 0.6) is 5.75 Å². The lowest BCUT2D eigenvalue weighted by Crippen LogP contribution is -2.52. The summed E-state index contributed by atoms with van der Waals surface area (Å²) in [5.41, 5.74) is 5.65. The molecule has 1 saturated carbocycles. The summed E-state index contributed by atoms with van der Waals surface area (Å²) in [4.78, 5) is 12.2. The zero-order chi connectivity index (χ0) is 15.5. The van der Waals surface area contributed by atoms with Crippen molar-refractivity contribution >= 4 is 35.6 Å². The molecule has 0 heterocycles. The molecule has 4 nitrogen and oxygen atoms in total. The molecule has 0 radical (unpaired) electrons. The SMILES string of the molecule is Cl.NC1(C(=O)Nc2ccc(OC(F)F)c(Cl)c2)CCCCC1. The van der Waals surface area contributed by atoms with E-state index in [2.05, 4.69) is 10.1 Å². The summed E-state index contributed by atoms with van der Waals surface area (Å²) < 4.78 is 28.5. The Morgan fingerprint density at radius 1 is 1.32 bits per heavy atom. The second-order valence-corrected chi connectivity index (χ2v) is 5.60. The van der Waals surface area contributed by atoms with E-state index >= 15 is 0 Å². The molecule has 0 bridgehead atoms. The number of alkyl halides is 2. The quantitative estimate of drug-likeness (QED) is 0.859. The lowest BCUT2D eigenvalue weighted by Gasteiger charge is -2.31. The van der Waals surface area contributed by atoms with E-state index in [0.717, 1.165) is 19.3 Å². The van der Waals surface area contributed by atoms with Crippen molar-refractivity contribution in [1.82, 2.24) is 0 Å². The van der Waals surface area contributed by atoms with Gasteiger partial charge >= 0.3 is 6.61 Å². The summed E-state index contributed by atoms with van der Waals surface area (Å²) in [6, 6.07) is 4.10. The van der Waals surface area contributed by atoms with Gasteiger partial charge in [0, 0.05) is 5.69 Å². The summed E-state index contributed by atoms with van der Waals surface area (Å²) >= 11 is 5.84. The Morgan fingerprint density at radius 3 is 2.50 bits per heavy atom. The molecule has 8 heteroatoms. The van der Waals surface area contributed by atoms with E-state index < -0.39 is 12.2 Å². The van der Waals surface area contributed by atoms with Crippen LogP contribution in [0.4, 0.5) is 14.5 Å². The molecule has 1 aliphatic rings. The zero-order valence-electron chi connectivity index (χ0n) is 11.8. The molecule has 3 N–H and O–H groups in total. The Labute approximate surface area is 138 Å². The predicted octanol–water partition coefficient (Wildman–Crippen LogP) is 3.96. The molecular formula is C14H18Cl2F2N2O2. The van der Waals surface area contributed by atoms with E-state index in [1.54, 1.807) is 0 Å². The molecule has 1 fully saturated rings. The normalized spacial score (nSPS) is 16.8. The Hall–Kier alpha value is -1.11. The van der Waals surface area contributed by atoms with Crippen LogP contribution in [0.3, 0.4) is 0 Å². The number of anilines is 1. The Bertz CT molecular complexity index is 524. The third-order valence-electron chi connectivity index (χ3n) is 3.60. The standard InChI is InChI=1S/C14H17ClF2N2O2.ClH/c15-10-8-9(4-5-11(10)21-13(16)17)19-12(20)14(18)6-2-1-3-7-14;/h4-5,8,13H,1-3,6-7,18H2,(H,19,20);1H. The van der Waals surface area contributed by atoms with Crippen molar-refractivity contribution in [3.8, 4) is 5.75 Å². The van der Waals surface area contributed by atoms with Crippen molar-refractivity contribution in [3.63, 3.8) is 0 Å². The monoisotopic (exact) mass is 354 g/mol. The molecule has 0 aromatic heterocycles. The molecule has 0 aliphatic heterocycles. The maximum absolute atomic E-state index is 12.2. The lowest BCUT2D eigenvalue weighted by atomic mass is 9.82. The number of nitrogens with one attached hydrogen (secondary N) is 1. The van der Waals surface area contributed by atoms with Gasteiger partial charge < -0.3 is 15.8 Å². The molecule has 124 valence electrons. The maximum atomic E-state index is 12.2. The summed E-state index contributed by atoms with van der Waals surface area (Å²) in [5, 5.41) is 2.68. The molecule has 0 atom stereocenters. The Balaban J connectivity index is 0.00000242. The van der Waals surface area contributed by atoms with Crippen molar-refractivity contribution < 1.29 is 18.3 Å². The van der Waals surface area contributed by atoms with Crippen LogP contribution in [0.25, 0.3) is 0 Å². The van der Waals surface area contributed by atoms with Crippen molar-refractivity contribution in [3.05, 3.63) is 23.2 Å². The van der Waals surface area contributed by atoms with Crippen LogP contribution in [0.2, 0.25) is 5.02 Å². The van der Waals surface area contributed by atoms with Gasteiger partial charge in [0.25, 0.3) is 0 Å². The minimum atomic E-state index is -2.95. The average molecular weight is 355 g/mol. The molecule has 1 aliphatic carbocycles. The van der Waals surface area contributed by atoms with Gasteiger partial charge in [-0.1, -0.05) is 30.9 Å². The second-order valence-electron chi connectivity index (χ2n) is 5.19. The van der Waals surface area contributed by atoms with Crippen molar-refractivity contribution in [1.29, 1.82) is 0 Å². The first-order valence-corrected chi connectivity index (χ1v) is 7.13. The molecule has 0 saturated heterocycles. The van der Waals surface area contributed by atoms with E-state index in [1.165, 1.54) is 18.2 Å². The van der Waals surface area contributed by atoms with Crippen molar-refractivity contribution in [2.45, 2.75) is 44.3 Å². The zero-order valence-corrected chi connectivity index (χ0v) is 13.4. The number of carbonyl (C=O) groups is 1. The molecule has 2 rings (SSSR count). The highest BCUT2D eigenvalue weighted by Crippen LogP contribution is 2.31. The van der Waals surface area contributed by atoms with E-state index in [-0.39, 0.29) is 29.1 Å². The van der Waals surface area contributed by atoms with Gasteiger partial charge in [-0.25, -0.2) is 0 Å². The van der Waals surface area contributed by atoms with Crippen LogP contribution in [-0.4, -0.2) is 18.1 Å². The van der Waals surface area contributed by atoms with E-state index in [1.807, 2.05) is 0 Å². The topological polar surface area (TPSA) is 64.4 Å². The molecular weight excluding hydrogens is 337 g/mol. The fourth-order valence-electron chi connectivity index (χ4n) is 2.44. The number of halogens is 4. The fourth-order valence-corrected chi connectivity index (χ4v) is 2.66. The van der Waals surface area contributed by atoms with Gasteiger partial charge in [-0.2, -0.15) is 8.78 Å². The first kappa shape index (κ1) is 18.9. The number of carbonyl (C=O) groups excluding carboxylic acids is 1. The molecule has 1 aromatic rings. The van der Waals surface area contributed by atoms with Crippen LogP contribution >= 0.6 is 24.0 Å². The molecule has 1 amide bonds. The number of ether oxygens (including phenoxy) is 1. The first-order valence-electron chi connectivity index (χ1n) is 6.75. The van der Waals surface area contributed by atoms with Crippen LogP contribution in [0, 0.1) is 0 Å². The minimum Gasteiger partial charge on any atom is -0.433 e. The van der Waals surface area contributed by atoms with E-state index in [0.29, 0.717) is 18.5 Å². The van der Waals surface area contributed by atoms with Gasteiger partial charge in [-0.15, -0.1) is 12.4 Å². The van der Waals surface area contributed by atoms with Crippen LogP contribution < -0.4 is 15.8 Å². The third kappa shape index (κ3) is 4.69. The maximum Gasteiger partial charge on any atom is 0.387 e. The van der Waals surface area contributed by atoms with Crippen molar-refractivity contribution in [2.75, 3.05) is 5.32 Å². The first-order chi connectivity index (χ1) is 9.90. The molecule has 1 aromatic carbocycles. The minimum absolute atomic E-state index is 0. The number of rotatable bonds is 4. The Kier molecular flexibility index (Phi) is 6.84. The second kappa shape index (κ2) is 7.94. The van der Waals surface area contributed by atoms with Crippen molar-refractivity contribution in [2.24, 2.45) is 5.73 Å². The largest absolute Gasteiger partial charge is 0.433 e. The predicted molar refractivity (Wildman–Crippen MR) is 84.0 cm³/mol. The smallest absolute Gasteiger partial charge is 0.387 e. The summed E-state index contributed by atoms with van der Waals surface area (Å²) in [6.07, 6.45) is 4.20. The van der Waals surface area contributed by atoms with Gasteiger partial charge in [-0.3, -0.25) is 4.79 Å². The van der Waals surface area contributed by atoms with Gasteiger partial charge in [0.15, 0.2) is 0 Å². The van der Waals surface area contributed by atoms with Gasteiger partial charge in [0.2, 0.25) is 5.91 Å². The highest BCUT2D eigenvalue weighted by atomic mass is 35.5. The Morgan fingerprint density at radius 2 is 1.95 bits per heavy atom. The number of hydrogen-bond acceptors (Lipinski definition) is 3. The van der Waals surface area contributed by atoms with Gasteiger partial charge in [-0.05, 0) is 31.0 Å². The van der Waals surface area contributed by atoms with Gasteiger partial charge in [0.1, 0.15) is 5.75 Å². The van der Waals surface area contributed by atoms with Crippen LogP contribution in [-0.2, 0) is 4.79 Å². The van der Waals surface area contributed by atoms with E-state index in [4.69, 9.17) is 17.3 Å². The van der Waals surface area contributed by atoms with E-state index in [9.17, 15) is 13.6 Å². The number of benzene rings is 1. The molecule has 22 heavy (non-hydrogen) atoms. The highest BCUT2D eigenvalue weighted by Gasteiger charge is 2.35. The number of nitrogens with two attached hydrogens (primary N) is 1. The summed E-state index contributed by atoms with van der Waals surface area (Å²) in [5.74, 6) is -0.411. The average Bonchev–Trinajstić information content (AvgIpc) is 2.42. The van der Waals surface area contributed by atoms with Crippen LogP contribution in [0.15, 0.2) is 18.2 Å². The molecule has 0 unspecified atom stereocenters. The lowest BCUT2D eigenvalue weighted by molar-refractivity contribution is -0.122. The van der Waals surface area contributed by atoms with Gasteiger partial charge in [0.05, 0.1) is 10.6 Å². The summed E-state index contributed by atoms with van der Waals surface area (Å²) in [6.45, 7) is -2.95. The third-order valence-corrected chi connectivity index (χ3v) is 3.90.